The van der Waals surface area contributed by atoms with Crippen LogP contribution in [-0.2, 0) is 11.3 Å². The molecular formula is C15H22N2O3. The Balaban J connectivity index is 1.95. The smallest absolute Gasteiger partial charge is 0.309 e. The van der Waals surface area contributed by atoms with Crippen molar-refractivity contribution in [2.45, 2.75) is 32.7 Å². The van der Waals surface area contributed by atoms with Crippen LogP contribution >= 0.6 is 0 Å². The lowest BCUT2D eigenvalue weighted by Gasteiger charge is -2.38. The van der Waals surface area contributed by atoms with Crippen LogP contribution in [0.25, 0.3) is 0 Å². The summed E-state index contributed by atoms with van der Waals surface area (Å²) in [6, 6.07) is 5.73. The molecule has 0 saturated carbocycles. The normalized spacial score (nSPS) is 18.7. The Kier molecular flexibility index (Phi) is 4.60. The van der Waals surface area contributed by atoms with Gasteiger partial charge in [0.15, 0.2) is 0 Å². The second kappa shape index (κ2) is 6.22. The fourth-order valence-corrected chi connectivity index (χ4v) is 2.75. The average Bonchev–Trinajstić information content (AvgIpc) is 2.48. The van der Waals surface area contributed by atoms with Crippen LogP contribution in [0.3, 0.4) is 0 Å². The first kappa shape index (κ1) is 14.8. The Hall–Kier alpha value is -1.62. The molecule has 0 radical (unpaired) electrons. The monoisotopic (exact) mass is 278 g/mol. The van der Waals surface area contributed by atoms with E-state index in [1.807, 2.05) is 25.1 Å². The number of hydrogen-bond acceptors (Lipinski definition) is 4. The minimum Gasteiger partial charge on any atom is -0.481 e. The molecule has 1 saturated heterocycles. The van der Waals surface area contributed by atoms with Crippen molar-refractivity contribution in [1.29, 1.82) is 0 Å². The number of rotatable bonds is 5. The van der Waals surface area contributed by atoms with Gasteiger partial charge < -0.3 is 9.84 Å². The summed E-state index contributed by atoms with van der Waals surface area (Å²) in [6.45, 7) is 4.32. The molecule has 1 N–H and O–H groups in total. The molecule has 5 nitrogen and oxygen atoms in total. The number of aliphatic carboxylic acids is 1. The fraction of sp³-hybridized carbons (Fsp3) is 0.600. The molecule has 0 aromatic carbocycles. The number of piperidine rings is 1. The van der Waals surface area contributed by atoms with Crippen LogP contribution in [0.5, 0.6) is 5.88 Å². The number of hydrogen-bond donors (Lipinski definition) is 1. The number of likely N-dealkylation sites (tertiary alicyclic amines) is 1. The molecule has 5 heteroatoms. The van der Waals surface area contributed by atoms with E-state index in [-0.39, 0.29) is 0 Å². The zero-order chi connectivity index (χ0) is 14.6. The quantitative estimate of drug-likeness (QED) is 0.894. The maximum atomic E-state index is 11.4. The van der Waals surface area contributed by atoms with Gasteiger partial charge >= 0.3 is 5.97 Å². The third-order valence-electron chi connectivity index (χ3n) is 4.32. The highest BCUT2D eigenvalue weighted by molar-refractivity contribution is 5.74. The Labute approximate surface area is 119 Å². The highest BCUT2D eigenvalue weighted by atomic mass is 16.5. The van der Waals surface area contributed by atoms with Crippen molar-refractivity contribution in [3.63, 3.8) is 0 Å². The highest BCUT2D eigenvalue weighted by Gasteiger charge is 2.39. The predicted octanol–water partition coefficient (Wildman–Crippen LogP) is 2.17. The van der Waals surface area contributed by atoms with E-state index < -0.39 is 11.4 Å². The van der Waals surface area contributed by atoms with Gasteiger partial charge in [-0.15, -0.1) is 0 Å². The molecule has 0 amide bonds. The number of nitrogens with zero attached hydrogens (tertiary/aromatic N) is 2. The second-order valence-corrected chi connectivity index (χ2v) is 5.39. The van der Waals surface area contributed by atoms with E-state index in [1.54, 1.807) is 7.11 Å². The van der Waals surface area contributed by atoms with Crippen molar-refractivity contribution in [2.24, 2.45) is 5.41 Å². The second-order valence-electron chi connectivity index (χ2n) is 5.39. The molecule has 1 aliphatic rings. The lowest BCUT2D eigenvalue weighted by Crippen LogP contribution is -2.43. The highest BCUT2D eigenvalue weighted by Crippen LogP contribution is 2.35. The van der Waals surface area contributed by atoms with Crippen LogP contribution in [0, 0.1) is 5.41 Å². The molecule has 1 aliphatic heterocycles. The molecule has 0 spiro atoms. The molecule has 1 aromatic heterocycles. The number of carbonyl (C=O) groups is 1. The van der Waals surface area contributed by atoms with Gasteiger partial charge in [-0.2, -0.15) is 0 Å². The SMILES string of the molecule is CCC1(C(=O)O)CCN(Cc2cccc(OC)n2)CC1. The van der Waals surface area contributed by atoms with Gasteiger partial charge in [0.2, 0.25) is 5.88 Å². The van der Waals surface area contributed by atoms with E-state index in [0.29, 0.717) is 25.1 Å². The van der Waals surface area contributed by atoms with Crippen LogP contribution in [0.15, 0.2) is 18.2 Å². The van der Waals surface area contributed by atoms with Crippen LogP contribution in [0.4, 0.5) is 0 Å². The summed E-state index contributed by atoms with van der Waals surface area (Å²) in [6.07, 6.45) is 2.12. The van der Waals surface area contributed by atoms with Gasteiger partial charge in [0.25, 0.3) is 0 Å². The molecule has 0 bridgehead atoms. The van der Waals surface area contributed by atoms with Gasteiger partial charge in [-0.05, 0) is 38.4 Å². The zero-order valence-corrected chi connectivity index (χ0v) is 12.1. The van der Waals surface area contributed by atoms with E-state index in [0.717, 1.165) is 25.3 Å². The third-order valence-corrected chi connectivity index (χ3v) is 4.32. The molecular weight excluding hydrogens is 256 g/mol. The molecule has 0 atom stereocenters. The summed E-state index contributed by atoms with van der Waals surface area (Å²) in [7, 11) is 1.61. The van der Waals surface area contributed by atoms with Gasteiger partial charge in [-0.1, -0.05) is 13.0 Å². The lowest BCUT2D eigenvalue weighted by atomic mass is 9.76. The lowest BCUT2D eigenvalue weighted by molar-refractivity contribution is -0.152. The number of methoxy groups -OCH3 is 1. The van der Waals surface area contributed by atoms with Crippen LogP contribution in [-0.4, -0.2) is 41.2 Å². The molecule has 1 aromatic rings. The van der Waals surface area contributed by atoms with Crippen molar-refractivity contribution in [3.8, 4) is 5.88 Å². The third kappa shape index (κ3) is 3.10. The predicted molar refractivity (Wildman–Crippen MR) is 75.7 cm³/mol. The van der Waals surface area contributed by atoms with Crippen molar-refractivity contribution in [3.05, 3.63) is 23.9 Å². The zero-order valence-electron chi connectivity index (χ0n) is 12.1. The Morgan fingerprint density at radius 2 is 2.15 bits per heavy atom. The number of carboxylic acid groups (broad SMARTS) is 1. The number of aromatic nitrogens is 1. The van der Waals surface area contributed by atoms with E-state index >= 15 is 0 Å². The van der Waals surface area contributed by atoms with Crippen LogP contribution in [0.1, 0.15) is 31.9 Å². The van der Waals surface area contributed by atoms with Gasteiger partial charge in [0.1, 0.15) is 0 Å². The van der Waals surface area contributed by atoms with Crippen molar-refractivity contribution >= 4 is 5.97 Å². The maximum absolute atomic E-state index is 11.4. The summed E-state index contributed by atoms with van der Waals surface area (Å²) < 4.78 is 5.12. The van der Waals surface area contributed by atoms with Gasteiger partial charge in [0, 0.05) is 12.6 Å². The van der Waals surface area contributed by atoms with E-state index in [2.05, 4.69) is 9.88 Å². The Morgan fingerprint density at radius 3 is 2.70 bits per heavy atom. The summed E-state index contributed by atoms with van der Waals surface area (Å²) in [4.78, 5) is 18.1. The van der Waals surface area contributed by atoms with Crippen LogP contribution < -0.4 is 4.74 Å². The molecule has 110 valence electrons. The first-order valence-corrected chi connectivity index (χ1v) is 7.05. The largest absolute Gasteiger partial charge is 0.481 e. The minimum absolute atomic E-state index is 0.529. The van der Waals surface area contributed by atoms with Crippen molar-refractivity contribution < 1.29 is 14.6 Å². The Morgan fingerprint density at radius 1 is 1.45 bits per heavy atom. The standard InChI is InChI=1S/C15H22N2O3/c1-3-15(14(18)19)7-9-17(10-8-15)11-12-5-4-6-13(16-12)20-2/h4-6H,3,7-11H2,1-2H3,(H,18,19). The van der Waals surface area contributed by atoms with Crippen molar-refractivity contribution in [2.75, 3.05) is 20.2 Å². The molecule has 2 heterocycles. The van der Waals surface area contributed by atoms with Gasteiger partial charge in [0.05, 0.1) is 18.2 Å². The molecule has 2 rings (SSSR count). The van der Waals surface area contributed by atoms with E-state index in [1.165, 1.54) is 0 Å². The molecule has 20 heavy (non-hydrogen) atoms. The number of ether oxygens (including phenoxy) is 1. The summed E-state index contributed by atoms with van der Waals surface area (Å²) in [5.41, 5.74) is 0.432. The topological polar surface area (TPSA) is 62.7 Å². The van der Waals surface area contributed by atoms with Gasteiger partial charge in [-0.25, -0.2) is 4.98 Å². The first-order valence-electron chi connectivity index (χ1n) is 7.05. The van der Waals surface area contributed by atoms with E-state index in [9.17, 15) is 9.90 Å². The first-order chi connectivity index (χ1) is 9.59. The summed E-state index contributed by atoms with van der Waals surface area (Å²) >= 11 is 0. The molecule has 0 unspecified atom stereocenters. The maximum Gasteiger partial charge on any atom is 0.309 e. The van der Waals surface area contributed by atoms with Gasteiger partial charge in [-0.3, -0.25) is 9.69 Å². The molecule has 1 fully saturated rings. The number of carboxylic acids is 1. The fourth-order valence-electron chi connectivity index (χ4n) is 2.75. The van der Waals surface area contributed by atoms with Crippen molar-refractivity contribution in [1.82, 2.24) is 9.88 Å². The van der Waals surface area contributed by atoms with E-state index in [4.69, 9.17) is 4.74 Å². The average molecular weight is 278 g/mol. The minimum atomic E-state index is -0.654. The molecule has 0 aliphatic carbocycles. The number of pyridine rings is 1. The summed E-state index contributed by atoms with van der Waals surface area (Å²) in [5, 5.41) is 9.39. The Bertz CT molecular complexity index is 468. The van der Waals surface area contributed by atoms with Crippen LogP contribution in [0.2, 0.25) is 0 Å². The summed E-state index contributed by atoms with van der Waals surface area (Å²) in [5.74, 6) is -0.0351.